The average molecular weight is 418 g/mol. The van der Waals surface area contributed by atoms with Gasteiger partial charge >= 0.3 is 0 Å². The van der Waals surface area contributed by atoms with E-state index in [0.29, 0.717) is 39.5 Å². The lowest BCUT2D eigenvalue weighted by atomic mass is 10.2. The van der Waals surface area contributed by atoms with E-state index >= 15 is 0 Å². The van der Waals surface area contributed by atoms with Crippen molar-refractivity contribution in [1.29, 1.82) is 0 Å². The van der Waals surface area contributed by atoms with Crippen LogP contribution in [0.2, 0.25) is 0 Å². The first-order valence-corrected chi connectivity index (χ1v) is 9.38. The largest absolute Gasteiger partial charge is 0.493 e. The van der Waals surface area contributed by atoms with Crippen molar-refractivity contribution < 1.29 is 18.7 Å². The molecule has 0 unspecified atom stereocenters. The molecule has 0 fully saturated rings. The van der Waals surface area contributed by atoms with E-state index in [-0.39, 0.29) is 11.6 Å². The molecular weight excluding hydrogens is 399 g/mol. The number of amides is 1. The number of nitrogens with one attached hydrogen (secondary N) is 2. The predicted octanol–water partition coefficient (Wildman–Crippen LogP) is 4.78. The van der Waals surface area contributed by atoms with Gasteiger partial charge < -0.3 is 20.1 Å². The first-order valence-electron chi connectivity index (χ1n) is 9.38. The lowest BCUT2D eigenvalue weighted by Crippen LogP contribution is -2.12. The fourth-order valence-corrected chi connectivity index (χ4v) is 3.10. The van der Waals surface area contributed by atoms with Crippen LogP contribution in [0.15, 0.2) is 67.0 Å². The third-order valence-electron chi connectivity index (χ3n) is 4.65. The zero-order valence-corrected chi connectivity index (χ0v) is 16.8. The van der Waals surface area contributed by atoms with Crippen LogP contribution in [-0.4, -0.2) is 30.1 Å². The Balaban J connectivity index is 1.66. The Morgan fingerprint density at radius 1 is 0.935 bits per heavy atom. The number of hydrogen-bond acceptors (Lipinski definition) is 6. The SMILES string of the molecule is COc1cc2ncnc(Nc3cc(NC(=O)c4ccccc4)ccc3F)c2cc1OC. The van der Waals surface area contributed by atoms with Crippen LogP contribution < -0.4 is 20.1 Å². The Labute approximate surface area is 177 Å². The van der Waals surface area contributed by atoms with Crippen LogP contribution in [0, 0.1) is 5.82 Å². The molecule has 2 N–H and O–H groups in total. The van der Waals surface area contributed by atoms with Gasteiger partial charge in [0, 0.05) is 22.7 Å². The minimum atomic E-state index is -0.495. The summed E-state index contributed by atoms with van der Waals surface area (Å²) >= 11 is 0. The van der Waals surface area contributed by atoms with Crippen LogP contribution in [-0.2, 0) is 0 Å². The maximum absolute atomic E-state index is 14.5. The second-order valence-corrected chi connectivity index (χ2v) is 6.59. The number of carbonyl (C=O) groups excluding carboxylic acids is 1. The molecule has 1 aromatic heterocycles. The first kappa shape index (κ1) is 20.1. The van der Waals surface area contributed by atoms with E-state index in [4.69, 9.17) is 9.47 Å². The molecule has 8 heteroatoms. The van der Waals surface area contributed by atoms with Crippen LogP contribution >= 0.6 is 0 Å². The molecule has 0 aliphatic heterocycles. The maximum atomic E-state index is 14.5. The van der Waals surface area contributed by atoms with Crippen LogP contribution in [0.1, 0.15) is 10.4 Å². The van der Waals surface area contributed by atoms with Crippen LogP contribution in [0.3, 0.4) is 0 Å². The third kappa shape index (κ3) is 4.23. The number of rotatable bonds is 6. The van der Waals surface area contributed by atoms with Crippen molar-refractivity contribution in [2.75, 3.05) is 24.9 Å². The summed E-state index contributed by atoms with van der Waals surface area (Å²) in [7, 11) is 3.06. The second kappa shape index (κ2) is 8.66. The Bertz CT molecular complexity index is 1250. The second-order valence-electron chi connectivity index (χ2n) is 6.59. The molecular formula is C23H19FN4O3. The molecule has 0 aliphatic carbocycles. The van der Waals surface area contributed by atoms with E-state index in [0.717, 1.165) is 0 Å². The number of nitrogens with zero attached hydrogens (tertiary/aromatic N) is 2. The van der Waals surface area contributed by atoms with E-state index in [1.165, 1.54) is 38.7 Å². The number of halogens is 1. The highest BCUT2D eigenvalue weighted by molar-refractivity contribution is 6.04. The van der Waals surface area contributed by atoms with Crippen molar-refractivity contribution in [3.8, 4) is 11.5 Å². The minimum absolute atomic E-state index is 0.153. The number of hydrogen-bond donors (Lipinski definition) is 2. The highest BCUT2D eigenvalue weighted by Gasteiger charge is 2.13. The molecule has 4 rings (SSSR count). The number of ether oxygens (including phenoxy) is 2. The molecule has 0 saturated heterocycles. The quantitative estimate of drug-likeness (QED) is 0.469. The topological polar surface area (TPSA) is 85.4 Å². The van der Waals surface area contributed by atoms with Crippen molar-refractivity contribution in [1.82, 2.24) is 9.97 Å². The number of anilines is 3. The smallest absolute Gasteiger partial charge is 0.255 e. The fraction of sp³-hybridized carbons (Fsp3) is 0.0870. The van der Waals surface area contributed by atoms with Gasteiger partial charge in [-0.1, -0.05) is 18.2 Å². The highest BCUT2D eigenvalue weighted by atomic mass is 19.1. The van der Waals surface area contributed by atoms with Gasteiger partial charge in [0.2, 0.25) is 0 Å². The highest BCUT2D eigenvalue weighted by Crippen LogP contribution is 2.35. The molecule has 0 saturated carbocycles. The Morgan fingerprint density at radius 3 is 2.42 bits per heavy atom. The van der Waals surface area contributed by atoms with E-state index in [1.807, 2.05) is 6.07 Å². The molecule has 1 heterocycles. The molecule has 0 aliphatic rings. The van der Waals surface area contributed by atoms with Gasteiger partial charge in [-0.05, 0) is 36.4 Å². The summed E-state index contributed by atoms with van der Waals surface area (Å²) in [6.07, 6.45) is 1.37. The van der Waals surface area contributed by atoms with Gasteiger partial charge in [0.15, 0.2) is 11.5 Å². The van der Waals surface area contributed by atoms with Gasteiger partial charge in [-0.25, -0.2) is 14.4 Å². The molecule has 31 heavy (non-hydrogen) atoms. The monoisotopic (exact) mass is 418 g/mol. The Hall–Kier alpha value is -4.20. The zero-order chi connectivity index (χ0) is 21.8. The predicted molar refractivity (Wildman–Crippen MR) is 117 cm³/mol. The molecule has 7 nitrogen and oxygen atoms in total. The number of fused-ring (bicyclic) bond motifs is 1. The van der Waals surface area contributed by atoms with Gasteiger partial charge in [0.25, 0.3) is 5.91 Å². The summed E-state index contributed by atoms with van der Waals surface area (Å²) in [6.45, 7) is 0. The standard InChI is InChI=1S/C23H19FN4O3/c1-30-20-11-16-18(12-21(20)31-2)25-13-26-22(16)28-19-10-15(8-9-17(19)24)27-23(29)14-6-4-3-5-7-14/h3-13H,1-2H3,(H,27,29)(H,25,26,28). The normalized spacial score (nSPS) is 10.5. The van der Waals surface area contributed by atoms with Gasteiger partial charge in [-0.15, -0.1) is 0 Å². The number of methoxy groups -OCH3 is 2. The van der Waals surface area contributed by atoms with E-state index < -0.39 is 5.82 Å². The Kier molecular flexibility index (Phi) is 5.61. The molecule has 0 bridgehead atoms. The summed E-state index contributed by atoms with van der Waals surface area (Å²) < 4.78 is 25.2. The summed E-state index contributed by atoms with van der Waals surface area (Å²) in [5, 5.41) is 6.37. The van der Waals surface area contributed by atoms with Gasteiger partial charge in [0.1, 0.15) is 18.0 Å². The van der Waals surface area contributed by atoms with Crippen molar-refractivity contribution in [2.24, 2.45) is 0 Å². The van der Waals surface area contributed by atoms with Crippen molar-refractivity contribution in [3.63, 3.8) is 0 Å². The third-order valence-corrected chi connectivity index (χ3v) is 4.65. The van der Waals surface area contributed by atoms with Crippen LogP contribution in [0.4, 0.5) is 21.6 Å². The first-order chi connectivity index (χ1) is 15.1. The van der Waals surface area contributed by atoms with E-state index in [2.05, 4.69) is 20.6 Å². The molecule has 3 aromatic carbocycles. The number of aromatic nitrogens is 2. The molecule has 4 aromatic rings. The molecule has 0 atom stereocenters. The van der Waals surface area contributed by atoms with Crippen LogP contribution in [0.25, 0.3) is 10.9 Å². The van der Waals surface area contributed by atoms with Crippen molar-refractivity contribution >= 4 is 34.0 Å². The number of benzene rings is 3. The maximum Gasteiger partial charge on any atom is 0.255 e. The van der Waals surface area contributed by atoms with Gasteiger partial charge in [0.05, 0.1) is 25.4 Å². The Morgan fingerprint density at radius 2 is 1.68 bits per heavy atom. The van der Waals surface area contributed by atoms with E-state index in [1.54, 1.807) is 36.4 Å². The lowest BCUT2D eigenvalue weighted by molar-refractivity contribution is 0.102. The summed E-state index contributed by atoms with van der Waals surface area (Å²) in [5.41, 5.74) is 1.70. The molecule has 156 valence electrons. The summed E-state index contributed by atoms with van der Waals surface area (Å²) in [4.78, 5) is 20.9. The van der Waals surface area contributed by atoms with Crippen LogP contribution in [0.5, 0.6) is 11.5 Å². The molecule has 0 spiro atoms. The van der Waals surface area contributed by atoms with Gasteiger partial charge in [-0.2, -0.15) is 0 Å². The lowest BCUT2D eigenvalue weighted by Gasteiger charge is -2.13. The minimum Gasteiger partial charge on any atom is -0.493 e. The van der Waals surface area contributed by atoms with E-state index in [9.17, 15) is 9.18 Å². The average Bonchev–Trinajstić information content (AvgIpc) is 2.81. The fourth-order valence-electron chi connectivity index (χ4n) is 3.10. The zero-order valence-electron chi connectivity index (χ0n) is 16.8. The van der Waals surface area contributed by atoms with Crippen molar-refractivity contribution in [2.45, 2.75) is 0 Å². The molecule has 0 radical (unpaired) electrons. The summed E-state index contributed by atoms with van der Waals surface area (Å²) in [6, 6.07) is 16.5. The summed E-state index contributed by atoms with van der Waals surface area (Å²) in [5.74, 6) is 0.623. The van der Waals surface area contributed by atoms with Crippen molar-refractivity contribution in [3.05, 3.63) is 78.4 Å². The number of carbonyl (C=O) groups is 1. The van der Waals surface area contributed by atoms with Gasteiger partial charge in [-0.3, -0.25) is 4.79 Å². The molecule has 1 amide bonds.